The van der Waals surface area contributed by atoms with Crippen LogP contribution in [0.3, 0.4) is 0 Å². The molecule has 0 aliphatic carbocycles. The fourth-order valence-electron chi connectivity index (χ4n) is 2.59. The van der Waals surface area contributed by atoms with Crippen LogP contribution in [0.15, 0.2) is 6.07 Å². The van der Waals surface area contributed by atoms with Crippen molar-refractivity contribution in [3.63, 3.8) is 0 Å². The quantitative estimate of drug-likeness (QED) is 0.819. The lowest BCUT2D eigenvalue weighted by atomic mass is 9.85. The third-order valence-electron chi connectivity index (χ3n) is 4.00. The monoisotopic (exact) mass is 234 g/mol. The molecule has 0 amide bonds. The zero-order chi connectivity index (χ0) is 13.2. The van der Waals surface area contributed by atoms with Gasteiger partial charge in [-0.05, 0) is 67.9 Å². The fourth-order valence-corrected chi connectivity index (χ4v) is 2.59. The smallest absolute Gasteiger partial charge is 0.0820 e. The normalized spacial score (nSPS) is 14.8. The van der Waals surface area contributed by atoms with Crippen LogP contribution in [-0.4, -0.2) is 5.11 Å². The zero-order valence-corrected chi connectivity index (χ0v) is 12.1. The number of hydrogen-bond donors (Lipinski definition) is 1. The standard InChI is InChI=1S/C16H26O/c1-7-8-10(2)16(17)15-13(5)11(3)9-12(4)14(15)6/h9-10,16-17H,7-8H2,1-6H3. The van der Waals surface area contributed by atoms with Crippen LogP contribution in [0.4, 0.5) is 0 Å². The number of aliphatic hydroxyl groups excluding tert-OH is 1. The van der Waals surface area contributed by atoms with Crippen molar-refractivity contribution in [2.45, 2.75) is 60.5 Å². The van der Waals surface area contributed by atoms with Gasteiger partial charge in [0.1, 0.15) is 0 Å². The summed E-state index contributed by atoms with van der Waals surface area (Å²) in [5, 5.41) is 10.5. The van der Waals surface area contributed by atoms with E-state index in [4.69, 9.17) is 0 Å². The van der Waals surface area contributed by atoms with Gasteiger partial charge >= 0.3 is 0 Å². The van der Waals surface area contributed by atoms with E-state index in [1.807, 2.05) is 0 Å². The first-order valence-electron chi connectivity index (χ1n) is 6.65. The van der Waals surface area contributed by atoms with Crippen LogP contribution in [0.5, 0.6) is 0 Å². The minimum absolute atomic E-state index is 0.325. The van der Waals surface area contributed by atoms with Gasteiger partial charge in [0.15, 0.2) is 0 Å². The molecule has 0 aromatic heterocycles. The van der Waals surface area contributed by atoms with Crippen molar-refractivity contribution < 1.29 is 5.11 Å². The molecule has 1 aromatic carbocycles. The van der Waals surface area contributed by atoms with E-state index >= 15 is 0 Å². The highest BCUT2D eigenvalue weighted by Crippen LogP contribution is 2.33. The van der Waals surface area contributed by atoms with Crippen molar-refractivity contribution in [3.05, 3.63) is 33.9 Å². The Morgan fingerprint density at radius 2 is 1.53 bits per heavy atom. The number of aliphatic hydroxyl groups is 1. The van der Waals surface area contributed by atoms with Gasteiger partial charge in [0.25, 0.3) is 0 Å². The molecule has 2 unspecified atom stereocenters. The lowest BCUT2D eigenvalue weighted by molar-refractivity contribution is 0.111. The molecule has 0 heterocycles. The molecule has 1 nitrogen and oxygen atoms in total. The second-order valence-electron chi connectivity index (χ2n) is 5.38. The van der Waals surface area contributed by atoms with Gasteiger partial charge in [-0.1, -0.05) is 26.3 Å². The molecule has 0 bridgehead atoms. The third-order valence-corrected chi connectivity index (χ3v) is 4.00. The van der Waals surface area contributed by atoms with Gasteiger partial charge in [0.05, 0.1) is 6.10 Å². The van der Waals surface area contributed by atoms with Crippen molar-refractivity contribution in [2.24, 2.45) is 5.92 Å². The fraction of sp³-hybridized carbons (Fsp3) is 0.625. The van der Waals surface area contributed by atoms with E-state index in [9.17, 15) is 5.11 Å². The molecule has 0 spiro atoms. The van der Waals surface area contributed by atoms with Crippen molar-refractivity contribution in [3.8, 4) is 0 Å². The summed E-state index contributed by atoms with van der Waals surface area (Å²) < 4.78 is 0. The molecule has 0 radical (unpaired) electrons. The first-order chi connectivity index (χ1) is 7.90. The molecule has 1 rings (SSSR count). The zero-order valence-electron chi connectivity index (χ0n) is 12.1. The largest absolute Gasteiger partial charge is 0.388 e. The van der Waals surface area contributed by atoms with Crippen molar-refractivity contribution in [2.75, 3.05) is 0 Å². The molecule has 0 fully saturated rings. The van der Waals surface area contributed by atoms with Gasteiger partial charge in [0.2, 0.25) is 0 Å². The second kappa shape index (κ2) is 5.68. The van der Waals surface area contributed by atoms with Gasteiger partial charge in [0, 0.05) is 0 Å². The van der Waals surface area contributed by atoms with E-state index in [0.29, 0.717) is 5.92 Å². The van der Waals surface area contributed by atoms with Gasteiger partial charge < -0.3 is 5.11 Å². The summed E-state index contributed by atoms with van der Waals surface area (Å²) in [6.45, 7) is 12.8. The Kier molecular flexibility index (Phi) is 4.76. The van der Waals surface area contributed by atoms with E-state index < -0.39 is 0 Å². The summed E-state index contributed by atoms with van der Waals surface area (Å²) in [5.74, 6) is 0.332. The third kappa shape index (κ3) is 2.90. The second-order valence-corrected chi connectivity index (χ2v) is 5.38. The van der Waals surface area contributed by atoms with Gasteiger partial charge in [-0.2, -0.15) is 0 Å². The van der Waals surface area contributed by atoms with E-state index in [1.165, 1.54) is 22.3 Å². The highest BCUT2D eigenvalue weighted by atomic mass is 16.3. The first-order valence-corrected chi connectivity index (χ1v) is 6.65. The highest BCUT2D eigenvalue weighted by Gasteiger charge is 2.21. The number of rotatable bonds is 4. The predicted octanol–water partition coefficient (Wildman–Crippen LogP) is 4.39. The van der Waals surface area contributed by atoms with E-state index in [0.717, 1.165) is 18.4 Å². The topological polar surface area (TPSA) is 20.2 Å². The molecule has 1 N–H and O–H groups in total. The summed E-state index contributed by atoms with van der Waals surface area (Å²) in [4.78, 5) is 0. The van der Waals surface area contributed by atoms with Crippen LogP contribution in [-0.2, 0) is 0 Å². The van der Waals surface area contributed by atoms with Crippen LogP contribution >= 0.6 is 0 Å². The van der Waals surface area contributed by atoms with Crippen LogP contribution in [0.1, 0.15) is 60.6 Å². The Labute approximate surface area is 106 Å². The van der Waals surface area contributed by atoms with Gasteiger partial charge in [-0.3, -0.25) is 0 Å². The predicted molar refractivity (Wildman–Crippen MR) is 74.4 cm³/mol. The molecule has 0 aliphatic rings. The van der Waals surface area contributed by atoms with Crippen molar-refractivity contribution >= 4 is 0 Å². The van der Waals surface area contributed by atoms with Gasteiger partial charge in [-0.25, -0.2) is 0 Å². The Morgan fingerprint density at radius 3 is 1.94 bits per heavy atom. The van der Waals surface area contributed by atoms with E-state index in [2.05, 4.69) is 47.6 Å². The minimum Gasteiger partial charge on any atom is -0.388 e. The first kappa shape index (κ1) is 14.2. The maximum atomic E-state index is 10.5. The lowest BCUT2D eigenvalue weighted by Crippen LogP contribution is -2.13. The Hall–Kier alpha value is -0.820. The van der Waals surface area contributed by atoms with Crippen LogP contribution in [0.2, 0.25) is 0 Å². The SMILES string of the molecule is CCCC(C)C(O)c1c(C)c(C)cc(C)c1C. The molecular weight excluding hydrogens is 208 g/mol. The maximum absolute atomic E-state index is 10.5. The van der Waals surface area contributed by atoms with E-state index in [-0.39, 0.29) is 6.10 Å². The number of hydrogen-bond acceptors (Lipinski definition) is 1. The van der Waals surface area contributed by atoms with Gasteiger partial charge in [-0.15, -0.1) is 0 Å². The Morgan fingerprint density at radius 1 is 1.06 bits per heavy atom. The minimum atomic E-state index is -0.325. The maximum Gasteiger partial charge on any atom is 0.0820 e. The molecule has 0 saturated heterocycles. The highest BCUT2D eigenvalue weighted by molar-refractivity contribution is 5.45. The summed E-state index contributed by atoms with van der Waals surface area (Å²) in [5.41, 5.74) is 6.23. The summed E-state index contributed by atoms with van der Waals surface area (Å²) >= 11 is 0. The average Bonchev–Trinajstić information content (AvgIpc) is 2.27. The molecule has 2 atom stereocenters. The average molecular weight is 234 g/mol. The summed E-state index contributed by atoms with van der Waals surface area (Å²) in [6, 6.07) is 2.21. The lowest BCUT2D eigenvalue weighted by Gasteiger charge is -2.24. The van der Waals surface area contributed by atoms with Crippen LogP contribution in [0.25, 0.3) is 0 Å². The van der Waals surface area contributed by atoms with Crippen molar-refractivity contribution in [1.82, 2.24) is 0 Å². The van der Waals surface area contributed by atoms with Crippen molar-refractivity contribution in [1.29, 1.82) is 0 Å². The van der Waals surface area contributed by atoms with Crippen LogP contribution in [0, 0.1) is 33.6 Å². The molecule has 17 heavy (non-hydrogen) atoms. The number of aryl methyl sites for hydroxylation is 2. The summed E-state index contributed by atoms with van der Waals surface area (Å²) in [6.07, 6.45) is 1.88. The molecule has 96 valence electrons. The van der Waals surface area contributed by atoms with E-state index in [1.54, 1.807) is 0 Å². The Balaban J connectivity index is 3.20. The summed E-state index contributed by atoms with van der Waals surface area (Å²) in [7, 11) is 0. The molecule has 0 aliphatic heterocycles. The molecule has 0 saturated carbocycles. The Bertz CT molecular complexity index is 367. The molecular formula is C16H26O. The molecule has 1 aromatic rings. The van der Waals surface area contributed by atoms with Crippen LogP contribution < -0.4 is 0 Å². The number of benzene rings is 1. The molecule has 1 heteroatoms.